The molecule has 5 nitrogen and oxygen atoms in total. The Hall–Kier alpha value is -3.13. The van der Waals surface area contributed by atoms with Gasteiger partial charge < -0.3 is 10.1 Å². The normalized spacial score (nSPS) is 9.64. The van der Waals surface area contributed by atoms with Crippen LogP contribution in [-0.4, -0.2) is 11.9 Å². The predicted octanol–water partition coefficient (Wildman–Crippen LogP) is 2.87. The highest BCUT2D eigenvalue weighted by Crippen LogP contribution is 2.13. The van der Waals surface area contributed by atoms with Gasteiger partial charge in [0, 0.05) is 12.6 Å². The number of carbonyl (C=O) groups is 2. The van der Waals surface area contributed by atoms with Crippen LogP contribution in [0.2, 0.25) is 0 Å². The van der Waals surface area contributed by atoms with Crippen molar-refractivity contribution in [3.63, 3.8) is 0 Å². The minimum Gasteiger partial charge on any atom is -0.457 e. The van der Waals surface area contributed by atoms with E-state index in [0.29, 0.717) is 16.8 Å². The molecule has 0 bridgehead atoms. The second kappa shape index (κ2) is 7.04. The molecule has 110 valence electrons. The van der Waals surface area contributed by atoms with Crippen LogP contribution in [0.15, 0.2) is 48.5 Å². The molecule has 0 heterocycles. The van der Waals surface area contributed by atoms with Crippen molar-refractivity contribution in [2.45, 2.75) is 13.5 Å². The van der Waals surface area contributed by atoms with Gasteiger partial charge in [-0.15, -0.1) is 0 Å². The first-order valence-corrected chi connectivity index (χ1v) is 6.62. The van der Waals surface area contributed by atoms with E-state index in [1.54, 1.807) is 48.5 Å². The Labute approximate surface area is 128 Å². The highest BCUT2D eigenvalue weighted by atomic mass is 16.5. The van der Waals surface area contributed by atoms with E-state index in [-0.39, 0.29) is 12.5 Å². The first-order valence-electron chi connectivity index (χ1n) is 6.62. The highest BCUT2D eigenvalue weighted by Gasteiger charge is 2.08. The Bertz CT molecular complexity index is 730. The number of hydrogen-bond donors (Lipinski definition) is 1. The van der Waals surface area contributed by atoms with E-state index >= 15 is 0 Å². The number of hydrogen-bond acceptors (Lipinski definition) is 4. The third-order valence-electron chi connectivity index (χ3n) is 2.87. The van der Waals surface area contributed by atoms with Gasteiger partial charge in [0.1, 0.15) is 6.61 Å². The van der Waals surface area contributed by atoms with Crippen molar-refractivity contribution < 1.29 is 14.3 Å². The molecule has 0 unspecified atom stereocenters. The lowest BCUT2D eigenvalue weighted by atomic mass is 10.1. The molecule has 1 amide bonds. The molecule has 0 spiro atoms. The lowest BCUT2D eigenvalue weighted by Gasteiger charge is -2.07. The fourth-order valence-corrected chi connectivity index (χ4v) is 1.83. The topological polar surface area (TPSA) is 79.2 Å². The number of anilines is 1. The summed E-state index contributed by atoms with van der Waals surface area (Å²) in [6, 6.07) is 15.4. The van der Waals surface area contributed by atoms with Gasteiger partial charge in [-0.3, -0.25) is 4.79 Å². The van der Waals surface area contributed by atoms with Crippen LogP contribution in [0.25, 0.3) is 0 Å². The van der Waals surface area contributed by atoms with Gasteiger partial charge in [0.2, 0.25) is 5.91 Å². The van der Waals surface area contributed by atoms with E-state index in [9.17, 15) is 9.59 Å². The third kappa shape index (κ3) is 4.18. The number of nitrogens with zero attached hydrogens (tertiary/aromatic N) is 1. The molecule has 2 rings (SSSR count). The average molecular weight is 294 g/mol. The molecule has 2 aromatic carbocycles. The molecule has 22 heavy (non-hydrogen) atoms. The summed E-state index contributed by atoms with van der Waals surface area (Å²) in [5.74, 6) is -0.681. The number of amides is 1. The van der Waals surface area contributed by atoms with Gasteiger partial charge in [0.05, 0.1) is 17.2 Å². The molecule has 5 heteroatoms. The summed E-state index contributed by atoms with van der Waals surface area (Å²) in [6.07, 6.45) is 0. The Balaban J connectivity index is 1.99. The molecule has 2 aromatic rings. The van der Waals surface area contributed by atoms with Crippen molar-refractivity contribution in [3.8, 4) is 6.07 Å². The van der Waals surface area contributed by atoms with E-state index in [2.05, 4.69) is 5.32 Å². The Morgan fingerprint density at radius 3 is 2.55 bits per heavy atom. The molecule has 0 saturated carbocycles. The van der Waals surface area contributed by atoms with Gasteiger partial charge in [-0.1, -0.05) is 18.2 Å². The molecular formula is C17H14N2O3. The quantitative estimate of drug-likeness (QED) is 0.879. The number of carbonyl (C=O) groups excluding carboxylic acids is 2. The maximum Gasteiger partial charge on any atom is 0.338 e. The van der Waals surface area contributed by atoms with Gasteiger partial charge >= 0.3 is 5.97 Å². The number of nitrogens with one attached hydrogen (secondary N) is 1. The van der Waals surface area contributed by atoms with E-state index in [1.807, 2.05) is 6.07 Å². The monoisotopic (exact) mass is 294 g/mol. The van der Waals surface area contributed by atoms with Crippen LogP contribution in [0.5, 0.6) is 0 Å². The van der Waals surface area contributed by atoms with Crippen LogP contribution in [0.1, 0.15) is 28.4 Å². The number of rotatable bonds is 4. The molecule has 0 fully saturated rings. The van der Waals surface area contributed by atoms with Crippen molar-refractivity contribution in [3.05, 3.63) is 65.2 Å². The van der Waals surface area contributed by atoms with Gasteiger partial charge in [0.15, 0.2) is 0 Å². The van der Waals surface area contributed by atoms with Crippen molar-refractivity contribution in [1.29, 1.82) is 5.26 Å². The first-order chi connectivity index (χ1) is 10.6. The van der Waals surface area contributed by atoms with Crippen LogP contribution < -0.4 is 5.32 Å². The van der Waals surface area contributed by atoms with Gasteiger partial charge in [0.25, 0.3) is 0 Å². The smallest absolute Gasteiger partial charge is 0.338 e. The summed E-state index contributed by atoms with van der Waals surface area (Å²) in [5, 5.41) is 11.3. The maximum absolute atomic E-state index is 12.0. The maximum atomic E-state index is 12.0. The van der Waals surface area contributed by atoms with E-state index < -0.39 is 5.97 Å². The molecular weight excluding hydrogens is 280 g/mol. The zero-order valence-electron chi connectivity index (χ0n) is 12.0. The molecule has 0 atom stereocenters. The van der Waals surface area contributed by atoms with Crippen LogP contribution in [-0.2, 0) is 16.1 Å². The van der Waals surface area contributed by atoms with Gasteiger partial charge in [-0.25, -0.2) is 4.79 Å². The Kier molecular flexibility index (Phi) is 4.89. The molecule has 0 aliphatic carbocycles. The second-order valence-electron chi connectivity index (χ2n) is 4.65. The third-order valence-corrected chi connectivity index (χ3v) is 2.87. The van der Waals surface area contributed by atoms with E-state index in [0.717, 1.165) is 5.56 Å². The SMILES string of the molecule is CC(=O)Nc1cccc(C(=O)OCc2ccc(C#N)cc2)c1. The average Bonchev–Trinajstić information content (AvgIpc) is 2.52. The van der Waals surface area contributed by atoms with Crippen LogP contribution in [0, 0.1) is 11.3 Å². The van der Waals surface area contributed by atoms with Gasteiger partial charge in [-0.05, 0) is 35.9 Å². The Morgan fingerprint density at radius 1 is 1.18 bits per heavy atom. The lowest BCUT2D eigenvalue weighted by molar-refractivity contribution is -0.114. The standard InChI is InChI=1S/C17H14N2O3/c1-12(20)19-16-4-2-3-15(9-16)17(21)22-11-14-7-5-13(10-18)6-8-14/h2-9H,11H2,1H3,(H,19,20). The largest absolute Gasteiger partial charge is 0.457 e. The Morgan fingerprint density at radius 2 is 1.91 bits per heavy atom. The van der Waals surface area contributed by atoms with E-state index in [1.165, 1.54) is 6.92 Å². The summed E-state index contributed by atoms with van der Waals surface area (Å²) < 4.78 is 5.21. The summed E-state index contributed by atoms with van der Waals surface area (Å²) in [5.41, 5.74) is 2.25. The van der Waals surface area contributed by atoms with Crippen molar-refractivity contribution in [1.82, 2.24) is 0 Å². The number of nitriles is 1. The van der Waals surface area contributed by atoms with Crippen molar-refractivity contribution >= 4 is 17.6 Å². The molecule has 0 aromatic heterocycles. The highest BCUT2D eigenvalue weighted by molar-refractivity contribution is 5.93. The summed E-state index contributed by atoms with van der Waals surface area (Å²) >= 11 is 0. The van der Waals surface area contributed by atoms with Crippen LogP contribution in [0.3, 0.4) is 0 Å². The second-order valence-corrected chi connectivity index (χ2v) is 4.65. The van der Waals surface area contributed by atoms with Gasteiger partial charge in [-0.2, -0.15) is 5.26 Å². The molecule has 0 aliphatic heterocycles. The number of benzene rings is 2. The number of esters is 1. The molecule has 0 radical (unpaired) electrons. The molecule has 1 N–H and O–H groups in total. The first kappa shape index (κ1) is 15.3. The zero-order valence-corrected chi connectivity index (χ0v) is 12.0. The molecule has 0 saturated heterocycles. The fraction of sp³-hybridized carbons (Fsp3) is 0.118. The summed E-state index contributed by atoms with van der Waals surface area (Å²) in [4.78, 5) is 23.0. The minimum atomic E-state index is -0.475. The molecule has 0 aliphatic rings. The van der Waals surface area contributed by atoms with E-state index in [4.69, 9.17) is 10.00 Å². The van der Waals surface area contributed by atoms with Crippen molar-refractivity contribution in [2.75, 3.05) is 5.32 Å². The fourth-order valence-electron chi connectivity index (χ4n) is 1.83. The van der Waals surface area contributed by atoms with Crippen LogP contribution >= 0.6 is 0 Å². The minimum absolute atomic E-state index is 0.120. The zero-order chi connectivity index (χ0) is 15.9. The number of ether oxygens (including phenoxy) is 1. The summed E-state index contributed by atoms with van der Waals surface area (Å²) in [6.45, 7) is 1.52. The summed E-state index contributed by atoms with van der Waals surface area (Å²) in [7, 11) is 0. The van der Waals surface area contributed by atoms with Crippen LogP contribution in [0.4, 0.5) is 5.69 Å². The predicted molar refractivity (Wildman–Crippen MR) is 81.0 cm³/mol. The van der Waals surface area contributed by atoms with Crippen molar-refractivity contribution in [2.24, 2.45) is 0 Å². The lowest BCUT2D eigenvalue weighted by Crippen LogP contribution is -2.08.